The van der Waals surface area contributed by atoms with Crippen LogP contribution in [0.2, 0.25) is 0 Å². The summed E-state index contributed by atoms with van der Waals surface area (Å²) in [5, 5.41) is 19.7. The Balaban J connectivity index is 3.07. The zero-order valence-electron chi connectivity index (χ0n) is 10.9. The number of para-hydroxylation sites is 1. The van der Waals surface area contributed by atoms with Crippen LogP contribution in [0.1, 0.15) is 6.42 Å². The van der Waals surface area contributed by atoms with Gasteiger partial charge in [0.2, 0.25) is 10.0 Å². The van der Waals surface area contributed by atoms with E-state index in [1.165, 1.54) is 19.2 Å². The van der Waals surface area contributed by atoms with Crippen LogP contribution in [-0.4, -0.2) is 44.8 Å². The first-order chi connectivity index (χ1) is 9.42. The number of methoxy groups -OCH3 is 1. The van der Waals surface area contributed by atoms with Gasteiger partial charge in [-0.2, -0.15) is 0 Å². The van der Waals surface area contributed by atoms with Crippen LogP contribution in [0.3, 0.4) is 0 Å². The predicted octanol–water partition coefficient (Wildman–Crippen LogP) is 0.270. The largest absolute Gasteiger partial charge is 0.396 e. The molecule has 9 heteroatoms. The zero-order chi connectivity index (χ0) is 15.2. The number of aliphatic hydroxyl groups excluding tert-OH is 1. The summed E-state index contributed by atoms with van der Waals surface area (Å²) in [5.41, 5.74) is -0.500. The Labute approximate surface area is 116 Å². The van der Waals surface area contributed by atoms with Crippen LogP contribution in [0.4, 0.5) is 5.69 Å². The first-order valence-corrected chi connectivity index (χ1v) is 7.26. The Bertz CT molecular complexity index is 554. The minimum absolute atomic E-state index is 0.0560. The summed E-state index contributed by atoms with van der Waals surface area (Å²) in [6.45, 7) is -0.173. The van der Waals surface area contributed by atoms with Gasteiger partial charge in [0.25, 0.3) is 5.69 Å². The molecule has 0 aliphatic heterocycles. The second-order valence-corrected chi connectivity index (χ2v) is 5.69. The van der Waals surface area contributed by atoms with Gasteiger partial charge in [0.05, 0.1) is 11.5 Å². The first-order valence-electron chi connectivity index (χ1n) is 5.78. The van der Waals surface area contributed by atoms with Crippen LogP contribution in [-0.2, 0) is 14.8 Å². The van der Waals surface area contributed by atoms with E-state index >= 15 is 0 Å². The lowest BCUT2D eigenvalue weighted by molar-refractivity contribution is -0.387. The van der Waals surface area contributed by atoms with E-state index in [0.29, 0.717) is 0 Å². The summed E-state index contributed by atoms with van der Waals surface area (Å²) in [6, 6.07) is 4.40. The molecule has 0 aliphatic rings. The molecule has 112 valence electrons. The van der Waals surface area contributed by atoms with Crippen LogP contribution in [0.5, 0.6) is 0 Å². The number of nitrogens with one attached hydrogen (secondary N) is 1. The fraction of sp³-hybridized carbons (Fsp3) is 0.455. The lowest BCUT2D eigenvalue weighted by atomic mass is 10.2. The molecule has 8 nitrogen and oxygen atoms in total. The maximum absolute atomic E-state index is 12.2. The summed E-state index contributed by atoms with van der Waals surface area (Å²) in [5.74, 6) is 0. The second kappa shape index (κ2) is 7.29. The van der Waals surface area contributed by atoms with Gasteiger partial charge in [0.1, 0.15) is 0 Å². The highest BCUT2D eigenvalue weighted by molar-refractivity contribution is 7.89. The van der Waals surface area contributed by atoms with Crippen LogP contribution >= 0.6 is 0 Å². The lowest BCUT2D eigenvalue weighted by Crippen LogP contribution is -2.38. The molecule has 0 saturated carbocycles. The van der Waals surface area contributed by atoms with E-state index in [1.807, 2.05) is 0 Å². The minimum Gasteiger partial charge on any atom is -0.396 e. The number of hydrogen-bond donors (Lipinski definition) is 2. The van der Waals surface area contributed by atoms with Gasteiger partial charge in [-0.05, 0) is 12.5 Å². The van der Waals surface area contributed by atoms with E-state index in [2.05, 4.69) is 4.72 Å². The fourth-order valence-corrected chi connectivity index (χ4v) is 3.08. The van der Waals surface area contributed by atoms with Gasteiger partial charge in [-0.25, -0.2) is 13.1 Å². The smallest absolute Gasteiger partial charge is 0.289 e. The number of ether oxygens (including phenoxy) is 1. The van der Waals surface area contributed by atoms with Crippen molar-refractivity contribution in [3.63, 3.8) is 0 Å². The lowest BCUT2D eigenvalue weighted by Gasteiger charge is -2.16. The van der Waals surface area contributed by atoms with E-state index in [1.54, 1.807) is 0 Å². The zero-order valence-corrected chi connectivity index (χ0v) is 11.7. The van der Waals surface area contributed by atoms with Crippen molar-refractivity contribution in [1.82, 2.24) is 4.72 Å². The molecule has 1 unspecified atom stereocenters. The normalized spacial score (nSPS) is 13.1. The third-order valence-electron chi connectivity index (χ3n) is 2.52. The summed E-state index contributed by atoms with van der Waals surface area (Å²) >= 11 is 0. The van der Waals surface area contributed by atoms with Gasteiger partial charge in [0, 0.05) is 25.8 Å². The molecule has 1 atom stereocenters. The second-order valence-electron chi connectivity index (χ2n) is 4.01. The first kappa shape index (κ1) is 16.5. The number of aliphatic hydroxyl groups is 1. The SMILES string of the molecule is COCC(CCO)NS(=O)(=O)c1ccccc1[N+](=O)[O-]. The molecule has 0 aromatic heterocycles. The number of nitrogens with zero attached hydrogens (tertiary/aromatic N) is 1. The highest BCUT2D eigenvalue weighted by atomic mass is 32.2. The standard InChI is InChI=1S/C11H16N2O6S/c1-19-8-9(6-7-14)12-20(17,18)11-5-3-2-4-10(11)13(15)16/h2-5,9,12,14H,6-8H2,1H3. The molecule has 1 aromatic carbocycles. The van der Waals surface area contributed by atoms with E-state index in [0.717, 1.165) is 12.1 Å². The van der Waals surface area contributed by atoms with Gasteiger partial charge in [-0.3, -0.25) is 10.1 Å². The van der Waals surface area contributed by atoms with Gasteiger partial charge >= 0.3 is 0 Å². The minimum atomic E-state index is -4.06. The van der Waals surface area contributed by atoms with Gasteiger partial charge in [-0.1, -0.05) is 12.1 Å². The number of hydrogen-bond acceptors (Lipinski definition) is 6. The van der Waals surface area contributed by atoms with Crippen LogP contribution in [0, 0.1) is 10.1 Å². The Hall–Kier alpha value is -1.55. The van der Waals surface area contributed by atoms with Crippen molar-refractivity contribution < 1.29 is 23.2 Å². The van der Waals surface area contributed by atoms with Gasteiger partial charge in [0.15, 0.2) is 4.90 Å². The van der Waals surface area contributed by atoms with E-state index in [-0.39, 0.29) is 19.6 Å². The van der Waals surface area contributed by atoms with Crippen molar-refractivity contribution in [3.05, 3.63) is 34.4 Å². The van der Waals surface area contributed by atoms with Crippen molar-refractivity contribution in [2.24, 2.45) is 0 Å². The summed E-state index contributed by atoms with van der Waals surface area (Å²) < 4.78 is 31.5. The monoisotopic (exact) mass is 304 g/mol. The number of sulfonamides is 1. The molecule has 0 saturated heterocycles. The average molecular weight is 304 g/mol. The molecular weight excluding hydrogens is 288 g/mol. The number of rotatable bonds is 8. The average Bonchev–Trinajstić information content (AvgIpc) is 2.39. The van der Waals surface area contributed by atoms with E-state index in [9.17, 15) is 18.5 Å². The van der Waals surface area contributed by atoms with E-state index < -0.39 is 31.6 Å². The van der Waals surface area contributed by atoms with Gasteiger partial charge in [-0.15, -0.1) is 0 Å². The fourth-order valence-electron chi connectivity index (χ4n) is 1.65. The van der Waals surface area contributed by atoms with Crippen molar-refractivity contribution >= 4 is 15.7 Å². The Morgan fingerprint density at radius 3 is 2.65 bits per heavy atom. The van der Waals surface area contributed by atoms with Crippen LogP contribution < -0.4 is 4.72 Å². The van der Waals surface area contributed by atoms with Crippen molar-refractivity contribution in [2.45, 2.75) is 17.4 Å². The summed E-state index contributed by atoms with van der Waals surface area (Å²) in [4.78, 5) is 9.68. The molecule has 1 rings (SSSR count). The van der Waals surface area contributed by atoms with Crippen molar-refractivity contribution in [2.75, 3.05) is 20.3 Å². The van der Waals surface area contributed by atoms with E-state index in [4.69, 9.17) is 9.84 Å². The molecule has 20 heavy (non-hydrogen) atoms. The molecule has 0 aliphatic carbocycles. The maximum atomic E-state index is 12.2. The van der Waals surface area contributed by atoms with Crippen LogP contribution in [0.25, 0.3) is 0 Å². The molecule has 0 amide bonds. The molecule has 0 spiro atoms. The summed E-state index contributed by atoms with van der Waals surface area (Å²) in [6.07, 6.45) is 0.147. The number of benzene rings is 1. The highest BCUT2D eigenvalue weighted by Crippen LogP contribution is 2.23. The Morgan fingerprint density at radius 2 is 2.10 bits per heavy atom. The van der Waals surface area contributed by atoms with Crippen molar-refractivity contribution in [1.29, 1.82) is 0 Å². The molecule has 0 radical (unpaired) electrons. The predicted molar refractivity (Wildman–Crippen MR) is 70.8 cm³/mol. The molecule has 0 fully saturated rings. The highest BCUT2D eigenvalue weighted by Gasteiger charge is 2.27. The number of nitro groups is 1. The Morgan fingerprint density at radius 1 is 1.45 bits per heavy atom. The summed E-state index contributed by atoms with van der Waals surface area (Å²) in [7, 11) is -2.67. The molecule has 0 heterocycles. The molecule has 2 N–H and O–H groups in total. The third-order valence-corrected chi connectivity index (χ3v) is 4.09. The number of nitro benzene ring substituents is 1. The topological polar surface area (TPSA) is 119 Å². The van der Waals surface area contributed by atoms with Gasteiger partial charge < -0.3 is 9.84 Å². The molecular formula is C11H16N2O6S. The van der Waals surface area contributed by atoms with Crippen molar-refractivity contribution in [3.8, 4) is 0 Å². The molecule has 0 bridgehead atoms. The van der Waals surface area contributed by atoms with Crippen LogP contribution in [0.15, 0.2) is 29.2 Å². The maximum Gasteiger partial charge on any atom is 0.289 e. The quantitative estimate of drug-likeness (QED) is 0.525. The molecule has 1 aromatic rings. The Kier molecular flexibility index (Phi) is 6.02. The third kappa shape index (κ3) is 4.23.